The number of nitrogens with zero attached hydrogens (tertiary/aromatic N) is 1. The van der Waals surface area contributed by atoms with Crippen molar-refractivity contribution in [2.75, 3.05) is 20.1 Å². The maximum absolute atomic E-state index is 11.6. The molecule has 2 rings (SSSR count). The van der Waals surface area contributed by atoms with E-state index in [0.717, 1.165) is 31.4 Å². The zero-order chi connectivity index (χ0) is 15.1. The van der Waals surface area contributed by atoms with Crippen molar-refractivity contribution in [3.05, 3.63) is 71.8 Å². The SMILES string of the molecule is CN(CCc1ccccc1)CC(C)(C=O)c1ccccc1. The summed E-state index contributed by atoms with van der Waals surface area (Å²) in [6, 6.07) is 20.5. The number of carbonyl (C=O) groups excluding carboxylic acids is 1. The first-order valence-corrected chi connectivity index (χ1v) is 7.38. The van der Waals surface area contributed by atoms with Crippen molar-refractivity contribution in [2.45, 2.75) is 18.8 Å². The Labute approximate surface area is 127 Å². The second kappa shape index (κ2) is 7.19. The van der Waals surface area contributed by atoms with Crippen LogP contribution in [0.15, 0.2) is 60.7 Å². The Morgan fingerprint density at radius 2 is 1.57 bits per heavy atom. The van der Waals surface area contributed by atoms with E-state index in [1.165, 1.54) is 5.56 Å². The fourth-order valence-corrected chi connectivity index (χ4v) is 2.62. The molecule has 0 amide bonds. The first-order chi connectivity index (χ1) is 10.1. The number of likely N-dealkylation sites (N-methyl/N-ethyl adjacent to an activating group) is 1. The summed E-state index contributed by atoms with van der Waals surface area (Å²) in [6.07, 6.45) is 2.07. The summed E-state index contributed by atoms with van der Waals surface area (Å²) in [5, 5.41) is 0. The standard InChI is InChI=1S/C19H23NO/c1-19(16-21,18-11-7-4-8-12-18)15-20(2)14-13-17-9-5-3-6-10-17/h3-12,16H,13-15H2,1-2H3. The van der Waals surface area contributed by atoms with E-state index in [1.54, 1.807) is 0 Å². The minimum Gasteiger partial charge on any atom is -0.305 e. The molecule has 2 aromatic rings. The summed E-state index contributed by atoms with van der Waals surface area (Å²) >= 11 is 0. The largest absolute Gasteiger partial charge is 0.305 e. The van der Waals surface area contributed by atoms with Crippen LogP contribution in [-0.4, -0.2) is 31.3 Å². The lowest BCUT2D eigenvalue weighted by Gasteiger charge is -2.29. The van der Waals surface area contributed by atoms with Crippen LogP contribution >= 0.6 is 0 Å². The average molecular weight is 281 g/mol. The highest BCUT2D eigenvalue weighted by molar-refractivity contribution is 5.68. The molecule has 0 saturated heterocycles. The lowest BCUT2D eigenvalue weighted by molar-refractivity contribution is -0.112. The summed E-state index contributed by atoms with van der Waals surface area (Å²) in [7, 11) is 2.08. The second-order valence-corrected chi connectivity index (χ2v) is 5.87. The van der Waals surface area contributed by atoms with Crippen LogP contribution in [0.2, 0.25) is 0 Å². The first-order valence-electron chi connectivity index (χ1n) is 7.38. The average Bonchev–Trinajstić information content (AvgIpc) is 2.54. The van der Waals surface area contributed by atoms with E-state index in [1.807, 2.05) is 43.3 Å². The van der Waals surface area contributed by atoms with Crippen LogP contribution in [0.3, 0.4) is 0 Å². The molecule has 0 fully saturated rings. The van der Waals surface area contributed by atoms with Crippen LogP contribution in [0, 0.1) is 0 Å². The fraction of sp³-hybridized carbons (Fsp3) is 0.316. The van der Waals surface area contributed by atoms with Gasteiger partial charge in [-0.15, -0.1) is 0 Å². The minimum atomic E-state index is -0.452. The zero-order valence-corrected chi connectivity index (χ0v) is 12.8. The molecule has 0 heterocycles. The Morgan fingerprint density at radius 3 is 2.14 bits per heavy atom. The molecule has 0 aliphatic rings. The van der Waals surface area contributed by atoms with E-state index >= 15 is 0 Å². The normalized spacial score (nSPS) is 13.9. The van der Waals surface area contributed by atoms with Crippen molar-refractivity contribution in [1.29, 1.82) is 0 Å². The molecule has 0 aliphatic heterocycles. The monoisotopic (exact) mass is 281 g/mol. The highest BCUT2D eigenvalue weighted by Crippen LogP contribution is 2.22. The van der Waals surface area contributed by atoms with Gasteiger partial charge in [-0.1, -0.05) is 60.7 Å². The summed E-state index contributed by atoms with van der Waals surface area (Å²) in [4.78, 5) is 13.8. The first kappa shape index (κ1) is 15.5. The number of rotatable bonds is 7. The van der Waals surface area contributed by atoms with Gasteiger partial charge < -0.3 is 9.69 Å². The van der Waals surface area contributed by atoms with Gasteiger partial charge in [-0.25, -0.2) is 0 Å². The molecule has 2 aromatic carbocycles. The quantitative estimate of drug-likeness (QED) is 0.726. The molecule has 0 spiro atoms. The summed E-state index contributed by atoms with van der Waals surface area (Å²) in [5.41, 5.74) is 1.95. The van der Waals surface area contributed by atoms with Gasteiger partial charge in [-0.3, -0.25) is 0 Å². The smallest absolute Gasteiger partial charge is 0.131 e. The molecule has 0 aromatic heterocycles. The molecule has 0 saturated carbocycles. The van der Waals surface area contributed by atoms with Crippen molar-refractivity contribution >= 4 is 6.29 Å². The van der Waals surface area contributed by atoms with Crippen molar-refractivity contribution in [3.8, 4) is 0 Å². The zero-order valence-electron chi connectivity index (χ0n) is 12.8. The number of carbonyl (C=O) groups is 1. The lowest BCUT2D eigenvalue weighted by Crippen LogP contribution is -2.39. The molecule has 1 atom stereocenters. The van der Waals surface area contributed by atoms with Crippen LogP contribution in [0.5, 0.6) is 0 Å². The van der Waals surface area contributed by atoms with E-state index in [2.05, 4.69) is 36.2 Å². The van der Waals surface area contributed by atoms with E-state index in [9.17, 15) is 4.79 Å². The van der Waals surface area contributed by atoms with Crippen LogP contribution < -0.4 is 0 Å². The highest BCUT2D eigenvalue weighted by Gasteiger charge is 2.27. The second-order valence-electron chi connectivity index (χ2n) is 5.87. The third kappa shape index (κ3) is 4.27. The Balaban J connectivity index is 1.97. The Bertz CT molecular complexity index is 552. The fourth-order valence-electron chi connectivity index (χ4n) is 2.62. The van der Waals surface area contributed by atoms with Crippen LogP contribution in [0.4, 0.5) is 0 Å². The van der Waals surface area contributed by atoms with Gasteiger partial charge in [0.2, 0.25) is 0 Å². The van der Waals surface area contributed by atoms with E-state index in [4.69, 9.17) is 0 Å². The van der Waals surface area contributed by atoms with Gasteiger partial charge in [-0.2, -0.15) is 0 Å². The summed E-state index contributed by atoms with van der Waals surface area (Å²) in [6.45, 7) is 3.68. The molecule has 0 radical (unpaired) electrons. The molecule has 2 nitrogen and oxygen atoms in total. The van der Waals surface area contributed by atoms with Crippen LogP contribution in [0.1, 0.15) is 18.1 Å². The van der Waals surface area contributed by atoms with Gasteiger partial charge in [0.25, 0.3) is 0 Å². The maximum Gasteiger partial charge on any atom is 0.131 e. The van der Waals surface area contributed by atoms with Gasteiger partial charge >= 0.3 is 0 Å². The van der Waals surface area contributed by atoms with Gasteiger partial charge in [-0.05, 0) is 31.5 Å². The van der Waals surface area contributed by atoms with Crippen molar-refractivity contribution in [2.24, 2.45) is 0 Å². The molecule has 21 heavy (non-hydrogen) atoms. The number of hydrogen-bond donors (Lipinski definition) is 0. The van der Waals surface area contributed by atoms with Crippen LogP contribution in [0.25, 0.3) is 0 Å². The third-order valence-corrected chi connectivity index (χ3v) is 3.92. The summed E-state index contributed by atoms with van der Waals surface area (Å²) in [5.74, 6) is 0. The van der Waals surface area contributed by atoms with E-state index in [0.29, 0.717) is 0 Å². The number of aldehydes is 1. The molecule has 0 bridgehead atoms. The van der Waals surface area contributed by atoms with Gasteiger partial charge in [0.15, 0.2) is 0 Å². The number of hydrogen-bond acceptors (Lipinski definition) is 2. The lowest BCUT2D eigenvalue weighted by atomic mass is 9.83. The Hall–Kier alpha value is -1.93. The van der Waals surface area contributed by atoms with Gasteiger partial charge in [0.05, 0.1) is 5.41 Å². The van der Waals surface area contributed by atoms with E-state index in [-0.39, 0.29) is 0 Å². The Morgan fingerprint density at radius 1 is 1.00 bits per heavy atom. The molecular weight excluding hydrogens is 258 g/mol. The predicted molar refractivity (Wildman–Crippen MR) is 87.5 cm³/mol. The third-order valence-electron chi connectivity index (χ3n) is 3.92. The minimum absolute atomic E-state index is 0.452. The van der Waals surface area contributed by atoms with Gasteiger partial charge in [0, 0.05) is 13.1 Å². The van der Waals surface area contributed by atoms with Crippen LogP contribution in [-0.2, 0) is 16.6 Å². The molecule has 1 unspecified atom stereocenters. The molecule has 2 heteroatoms. The van der Waals surface area contributed by atoms with Crippen molar-refractivity contribution < 1.29 is 4.79 Å². The number of benzene rings is 2. The molecular formula is C19H23NO. The predicted octanol–water partition coefficient (Wildman–Crippen LogP) is 3.32. The van der Waals surface area contributed by atoms with Crippen molar-refractivity contribution in [1.82, 2.24) is 4.90 Å². The van der Waals surface area contributed by atoms with Crippen molar-refractivity contribution in [3.63, 3.8) is 0 Å². The maximum atomic E-state index is 11.6. The summed E-state index contributed by atoms with van der Waals surface area (Å²) < 4.78 is 0. The Kier molecular flexibility index (Phi) is 5.29. The molecule has 110 valence electrons. The molecule has 0 aliphatic carbocycles. The molecule has 0 N–H and O–H groups in total. The highest BCUT2D eigenvalue weighted by atomic mass is 16.1. The van der Waals surface area contributed by atoms with Gasteiger partial charge in [0.1, 0.15) is 6.29 Å². The topological polar surface area (TPSA) is 20.3 Å². The van der Waals surface area contributed by atoms with E-state index < -0.39 is 5.41 Å².